The second kappa shape index (κ2) is 7.63. The molecule has 0 aromatic heterocycles. The van der Waals surface area contributed by atoms with Gasteiger partial charge >= 0.3 is 0 Å². The molecular weight excluding hydrogens is 330 g/mol. The number of aliphatic hydroxyl groups is 2. The quantitative estimate of drug-likeness (QED) is 0.695. The molecule has 0 saturated heterocycles. The molecule has 0 spiro atoms. The predicted molar refractivity (Wildman–Crippen MR) is 90.2 cm³/mol. The Bertz CT molecular complexity index is 669. The van der Waals surface area contributed by atoms with Crippen LogP contribution in [0.2, 0.25) is 0 Å². The Labute approximate surface area is 142 Å². The van der Waals surface area contributed by atoms with Crippen molar-refractivity contribution in [3.8, 4) is 0 Å². The highest BCUT2D eigenvalue weighted by Gasteiger charge is 2.33. The van der Waals surface area contributed by atoms with Crippen LogP contribution in [0.5, 0.6) is 0 Å². The number of nitrogens with one attached hydrogen (secondary N) is 1. The summed E-state index contributed by atoms with van der Waals surface area (Å²) in [6.07, 6.45) is 0.580. The van der Waals surface area contributed by atoms with Crippen molar-refractivity contribution in [3.63, 3.8) is 0 Å². The number of amides is 1. The molecule has 1 saturated carbocycles. The molecular formula is C17H25NO5S. The van der Waals surface area contributed by atoms with Crippen molar-refractivity contribution in [2.75, 3.05) is 6.61 Å². The highest BCUT2D eigenvalue weighted by molar-refractivity contribution is 7.92. The van der Waals surface area contributed by atoms with Gasteiger partial charge in [-0.15, -0.1) is 0 Å². The van der Waals surface area contributed by atoms with Gasteiger partial charge in [-0.3, -0.25) is 4.79 Å². The van der Waals surface area contributed by atoms with Gasteiger partial charge in [-0.2, -0.15) is 0 Å². The molecule has 0 radical (unpaired) electrons. The van der Waals surface area contributed by atoms with Crippen LogP contribution in [-0.2, 0) is 21.1 Å². The second-order valence-electron chi connectivity index (χ2n) is 6.66. The molecule has 1 aliphatic carbocycles. The van der Waals surface area contributed by atoms with Gasteiger partial charge in [-0.25, -0.2) is 8.42 Å². The lowest BCUT2D eigenvalue weighted by Crippen LogP contribution is -2.34. The fourth-order valence-electron chi connectivity index (χ4n) is 2.95. The zero-order valence-corrected chi connectivity index (χ0v) is 14.8. The van der Waals surface area contributed by atoms with Gasteiger partial charge in [-0.05, 0) is 44.4 Å². The van der Waals surface area contributed by atoms with Gasteiger partial charge in [0.05, 0.1) is 22.7 Å². The third-order valence-electron chi connectivity index (χ3n) is 4.49. The van der Waals surface area contributed by atoms with Gasteiger partial charge in [0.1, 0.15) is 0 Å². The lowest BCUT2D eigenvalue weighted by molar-refractivity contribution is -0.121. The molecule has 1 fully saturated rings. The minimum Gasteiger partial charge on any atom is -0.396 e. The van der Waals surface area contributed by atoms with E-state index in [1.165, 1.54) is 12.1 Å². The van der Waals surface area contributed by atoms with Crippen molar-refractivity contribution in [1.29, 1.82) is 0 Å². The Kier molecular flexibility index (Phi) is 6.01. The van der Waals surface area contributed by atoms with Crippen LogP contribution in [0, 0.1) is 5.92 Å². The Balaban J connectivity index is 1.93. The Hall–Kier alpha value is -1.44. The van der Waals surface area contributed by atoms with Crippen LogP contribution in [0.15, 0.2) is 29.2 Å². The zero-order valence-electron chi connectivity index (χ0n) is 14.0. The summed E-state index contributed by atoms with van der Waals surface area (Å²) in [5, 5.41) is 21.2. The number of hydrogen-bond donors (Lipinski definition) is 3. The molecule has 3 atom stereocenters. The maximum Gasteiger partial charge on any atom is 0.224 e. The lowest BCUT2D eigenvalue weighted by Gasteiger charge is -2.13. The molecule has 1 aromatic rings. The first-order valence-electron chi connectivity index (χ1n) is 8.15. The number of carbonyl (C=O) groups excluding carboxylic acids is 1. The van der Waals surface area contributed by atoms with Gasteiger partial charge in [0.25, 0.3) is 0 Å². The van der Waals surface area contributed by atoms with Gasteiger partial charge in [0, 0.05) is 18.6 Å². The maximum atomic E-state index is 12.1. The van der Waals surface area contributed by atoms with E-state index in [2.05, 4.69) is 5.32 Å². The molecule has 0 bridgehead atoms. The SMILES string of the molecule is CC(C)S(=O)(=O)c1ccc(CC(=O)N[C@@H]2C[C@@H](CO)[C@H](O)C2)cc1. The maximum absolute atomic E-state index is 12.1. The van der Waals surface area contributed by atoms with Crippen LogP contribution in [0.25, 0.3) is 0 Å². The highest BCUT2D eigenvalue weighted by atomic mass is 32.2. The molecule has 134 valence electrons. The normalized spacial score (nSPS) is 24.3. The second-order valence-corrected chi connectivity index (χ2v) is 9.16. The molecule has 0 heterocycles. The van der Waals surface area contributed by atoms with Crippen molar-refractivity contribution in [2.24, 2.45) is 5.92 Å². The van der Waals surface area contributed by atoms with Gasteiger partial charge in [0.2, 0.25) is 5.91 Å². The van der Waals surface area contributed by atoms with Crippen LogP contribution >= 0.6 is 0 Å². The average molecular weight is 355 g/mol. The van der Waals surface area contributed by atoms with Crippen LogP contribution in [0.1, 0.15) is 32.3 Å². The first-order chi connectivity index (χ1) is 11.2. The molecule has 3 N–H and O–H groups in total. The summed E-state index contributed by atoms with van der Waals surface area (Å²) < 4.78 is 24.1. The summed E-state index contributed by atoms with van der Waals surface area (Å²) in [6, 6.07) is 6.22. The summed E-state index contributed by atoms with van der Waals surface area (Å²) in [5.74, 6) is -0.360. The summed E-state index contributed by atoms with van der Waals surface area (Å²) in [7, 11) is -3.31. The van der Waals surface area contributed by atoms with Crippen molar-refractivity contribution < 1.29 is 23.4 Å². The fourth-order valence-corrected chi connectivity index (χ4v) is 4.01. The number of benzene rings is 1. The van der Waals surface area contributed by atoms with E-state index in [1.807, 2.05) is 0 Å². The van der Waals surface area contributed by atoms with Gasteiger partial charge in [-0.1, -0.05) is 12.1 Å². The van der Waals surface area contributed by atoms with Crippen LogP contribution in [-0.4, -0.2) is 48.5 Å². The van der Waals surface area contributed by atoms with Crippen LogP contribution in [0.3, 0.4) is 0 Å². The van der Waals surface area contributed by atoms with Crippen molar-refractivity contribution >= 4 is 15.7 Å². The van der Waals surface area contributed by atoms with Gasteiger partial charge in [0.15, 0.2) is 9.84 Å². The molecule has 1 aliphatic rings. The van der Waals surface area contributed by atoms with Gasteiger partial charge < -0.3 is 15.5 Å². The molecule has 1 amide bonds. The van der Waals surface area contributed by atoms with E-state index in [4.69, 9.17) is 5.11 Å². The Morgan fingerprint density at radius 2 is 1.88 bits per heavy atom. The predicted octanol–water partition coefficient (Wildman–Crippen LogP) is 0.659. The number of carbonyl (C=O) groups is 1. The van der Waals surface area contributed by atoms with E-state index in [-0.39, 0.29) is 35.8 Å². The highest BCUT2D eigenvalue weighted by Crippen LogP contribution is 2.25. The summed E-state index contributed by atoms with van der Waals surface area (Å²) in [6.45, 7) is 3.18. The smallest absolute Gasteiger partial charge is 0.224 e. The monoisotopic (exact) mass is 355 g/mol. The third kappa shape index (κ3) is 4.34. The molecule has 7 heteroatoms. The first kappa shape index (κ1) is 18.9. The minimum absolute atomic E-state index is 0.0840. The third-order valence-corrected chi connectivity index (χ3v) is 6.66. The largest absolute Gasteiger partial charge is 0.396 e. The topological polar surface area (TPSA) is 104 Å². The number of aliphatic hydroxyl groups excluding tert-OH is 2. The minimum atomic E-state index is -3.31. The first-order valence-corrected chi connectivity index (χ1v) is 9.69. The van der Waals surface area contributed by atoms with E-state index >= 15 is 0 Å². The molecule has 2 rings (SSSR count). The number of hydrogen-bond acceptors (Lipinski definition) is 5. The van der Waals surface area contributed by atoms with E-state index in [9.17, 15) is 18.3 Å². The summed E-state index contributed by atoms with van der Waals surface area (Å²) >= 11 is 0. The van der Waals surface area contributed by atoms with Crippen molar-refractivity contribution in [1.82, 2.24) is 5.32 Å². The van der Waals surface area contributed by atoms with Crippen LogP contribution < -0.4 is 5.32 Å². The zero-order chi connectivity index (χ0) is 17.9. The Morgan fingerprint density at radius 3 is 2.38 bits per heavy atom. The molecule has 24 heavy (non-hydrogen) atoms. The molecule has 1 aromatic carbocycles. The molecule has 0 unspecified atom stereocenters. The number of rotatable bonds is 6. The van der Waals surface area contributed by atoms with E-state index in [0.29, 0.717) is 12.8 Å². The van der Waals surface area contributed by atoms with E-state index < -0.39 is 21.2 Å². The lowest BCUT2D eigenvalue weighted by atomic mass is 10.1. The summed E-state index contributed by atoms with van der Waals surface area (Å²) in [4.78, 5) is 12.3. The van der Waals surface area contributed by atoms with Crippen molar-refractivity contribution in [2.45, 2.75) is 55.4 Å². The number of sulfone groups is 1. The van der Waals surface area contributed by atoms with E-state index in [0.717, 1.165) is 5.56 Å². The van der Waals surface area contributed by atoms with Crippen LogP contribution in [0.4, 0.5) is 0 Å². The van der Waals surface area contributed by atoms with E-state index in [1.54, 1.807) is 26.0 Å². The molecule has 0 aliphatic heterocycles. The average Bonchev–Trinajstić information content (AvgIpc) is 2.87. The standard InChI is InChI=1S/C17H25NO5S/c1-11(2)24(22,23)15-5-3-12(4-6-15)7-17(21)18-14-8-13(10-19)16(20)9-14/h3-6,11,13-14,16,19-20H,7-10H2,1-2H3,(H,18,21)/t13-,14+,16+/m0/s1. The molecule has 6 nitrogen and oxygen atoms in total. The van der Waals surface area contributed by atoms with Crippen molar-refractivity contribution in [3.05, 3.63) is 29.8 Å². The Morgan fingerprint density at radius 1 is 1.25 bits per heavy atom. The fraction of sp³-hybridized carbons (Fsp3) is 0.588. The summed E-state index contributed by atoms with van der Waals surface area (Å²) in [5.41, 5.74) is 0.729.